The smallest absolute Gasteiger partial charge is 0.247 e. The van der Waals surface area contributed by atoms with E-state index in [1.165, 1.54) is 0 Å². The minimum absolute atomic E-state index is 0.0107. The van der Waals surface area contributed by atoms with Gasteiger partial charge in [-0.2, -0.15) is 4.99 Å². The van der Waals surface area contributed by atoms with Crippen molar-refractivity contribution in [1.29, 1.82) is 0 Å². The van der Waals surface area contributed by atoms with E-state index in [1.54, 1.807) is 0 Å². The van der Waals surface area contributed by atoms with Crippen molar-refractivity contribution >= 4 is 17.6 Å². The standard InChI is InChI=1S/C7H8N2O2/c10-5-2-1-4-3-6(11)9-7(4)8-5/h4H,1-3H2,(H,8,9,10,11). The molecule has 58 valence electrons. The van der Waals surface area contributed by atoms with E-state index in [0.717, 1.165) is 6.42 Å². The van der Waals surface area contributed by atoms with Crippen LogP contribution in [0.25, 0.3) is 0 Å². The van der Waals surface area contributed by atoms with E-state index in [2.05, 4.69) is 10.3 Å². The number of hydrogen-bond donors (Lipinski definition) is 1. The fraction of sp³-hybridized carbons (Fsp3) is 0.571. The fourth-order valence-electron chi connectivity index (χ4n) is 1.46. The Morgan fingerprint density at radius 3 is 3.09 bits per heavy atom. The molecule has 0 aromatic carbocycles. The number of amides is 2. The van der Waals surface area contributed by atoms with Crippen molar-refractivity contribution in [2.75, 3.05) is 0 Å². The first kappa shape index (κ1) is 6.52. The Kier molecular flexibility index (Phi) is 1.27. The fourth-order valence-corrected chi connectivity index (χ4v) is 1.46. The van der Waals surface area contributed by atoms with Crippen LogP contribution in [0, 0.1) is 5.92 Å². The molecule has 1 N–H and O–H groups in total. The molecule has 0 spiro atoms. The number of hydrogen-bond acceptors (Lipinski definition) is 2. The van der Waals surface area contributed by atoms with E-state index in [-0.39, 0.29) is 17.7 Å². The van der Waals surface area contributed by atoms with Crippen molar-refractivity contribution in [3.63, 3.8) is 0 Å². The Balaban J connectivity index is 2.27. The third-order valence-corrected chi connectivity index (χ3v) is 2.04. The van der Waals surface area contributed by atoms with E-state index >= 15 is 0 Å². The van der Waals surface area contributed by atoms with Crippen LogP contribution in [0.5, 0.6) is 0 Å². The van der Waals surface area contributed by atoms with Crippen molar-refractivity contribution in [1.82, 2.24) is 5.32 Å². The van der Waals surface area contributed by atoms with Crippen LogP contribution >= 0.6 is 0 Å². The summed E-state index contributed by atoms with van der Waals surface area (Å²) in [5.41, 5.74) is 0. The lowest BCUT2D eigenvalue weighted by Gasteiger charge is -2.11. The molecule has 1 atom stereocenters. The highest BCUT2D eigenvalue weighted by Crippen LogP contribution is 2.22. The lowest BCUT2D eigenvalue weighted by molar-refractivity contribution is -0.120. The summed E-state index contributed by atoms with van der Waals surface area (Å²) in [4.78, 5) is 25.3. The number of nitrogens with one attached hydrogen (secondary N) is 1. The molecule has 1 fully saturated rings. The normalized spacial score (nSPS) is 29.5. The number of carbonyl (C=O) groups excluding carboxylic acids is 2. The summed E-state index contributed by atoms with van der Waals surface area (Å²) in [6.45, 7) is 0. The van der Waals surface area contributed by atoms with Gasteiger partial charge in [-0.15, -0.1) is 0 Å². The lowest BCUT2D eigenvalue weighted by atomic mass is 9.99. The third kappa shape index (κ3) is 1.04. The molecule has 0 aliphatic carbocycles. The Morgan fingerprint density at radius 1 is 1.45 bits per heavy atom. The van der Waals surface area contributed by atoms with Crippen molar-refractivity contribution in [3.8, 4) is 0 Å². The number of rotatable bonds is 0. The molecular weight excluding hydrogens is 144 g/mol. The molecule has 4 heteroatoms. The number of fused-ring (bicyclic) bond motifs is 1. The average molecular weight is 152 g/mol. The zero-order valence-electron chi connectivity index (χ0n) is 5.96. The van der Waals surface area contributed by atoms with Gasteiger partial charge in [-0.1, -0.05) is 0 Å². The average Bonchev–Trinajstić information content (AvgIpc) is 2.27. The van der Waals surface area contributed by atoms with Gasteiger partial charge in [0.15, 0.2) is 0 Å². The van der Waals surface area contributed by atoms with Crippen LogP contribution < -0.4 is 5.32 Å². The summed E-state index contributed by atoms with van der Waals surface area (Å²) < 4.78 is 0. The molecule has 0 radical (unpaired) electrons. The van der Waals surface area contributed by atoms with Gasteiger partial charge in [0.05, 0.1) is 0 Å². The molecular formula is C7H8N2O2. The van der Waals surface area contributed by atoms with Crippen LogP contribution in [0.1, 0.15) is 19.3 Å². The number of aliphatic imine (C=N–C) groups is 1. The molecule has 2 rings (SSSR count). The molecule has 2 aliphatic rings. The van der Waals surface area contributed by atoms with Crippen molar-refractivity contribution in [2.45, 2.75) is 19.3 Å². The summed E-state index contributed by atoms with van der Waals surface area (Å²) in [6.07, 6.45) is 1.77. The maximum Gasteiger partial charge on any atom is 0.247 e. The largest absolute Gasteiger partial charge is 0.314 e. The van der Waals surface area contributed by atoms with Crippen LogP contribution in [-0.4, -0.2) is 17.6 Å². The highest BCUT2D eigenvalue weighted by Gasteiger charge is 2.32. The Bertz CT molecular complexity index is 257. The molecule has 4 nitrogen and oxygen atoms in total. The minimum Gasteiger partial charge on any atom is -0.314 e. The second kappa shape index (κ2) is 2.15. The first-order valence-electron chi connectivity index (χ1n) is 3.67. The van der Waals surface area contributed by atoms with Gasteiger partial charge in [0.1, 0.15) is 5.84 Å². The minimum atomic E-state index is -0.113. The van der Waals surface area contributed by atoms with E-state index in [1.807, 2.05) is 0 Å². The molecule has 1 saturated heterocycles. The Hall–Kier alpha value is -1.19. The second-order valence-electron chi connectivity index (χ2n) is 2.88. The van der Waals surface area contributed by atoms with E-state index in [9.17, 15) is 9.59 Å². The monoisotopic (exact) mass is 152 g/mol. The number of nitrogens with zero attached hydrogens (tertiary/aromatic N) is 1. The lowest BCUT2D eigenvalue weighted by Crippen LogP contribution is -2.27. The highest BCUT2D eigenvalue weighted by atomic mass is 16.2. The molecule has 0 aromatic heterocycles. The van der Waals surface area contributed by atoms with Gasteiger partial charge in [-0.25, -0.2) is 0 Å². The van der Waals surface area contributed by atoms with Crippen LogP contribution in [-0.2, 0) is 9.59 Å². The van der Waals surface area contributed by atoms with Gasteiger partial charge >= 0.3 is 0 Å². The Morgan fingerprint density at radius 2 is 2.27 bits per heavy atom. The summed E-state index contributed by atoms with van der Waals surface area (Å²) in [7, 11) is 0. The van der Waals surface area contributed by atoms with Crippen molar-refractivity contribution < 1.29 is 9.59 Å². The van der Waals surface area contributed by atoms with E-state index in [0.29, 0.717) is 18.7 Å². The van der Waals surface area contributed by atoms with Gasteiger partial charge < -0.3 is 5.32 Å². The number of carbonyl (C=O) groups is 2. The maximum absolute atomic E-state index is 10.8. The topological polar surface area (TPSA) is 58.5 Å². The first-order chi connectivity index (χ1) is 5.25. The quantitative estimate of drug-likeness (QED) is 0.524. The molecule has 0 bridgehead atoms. The zero-order valence-corrected chi connectivity index (χ0v) is 5.96. The van der Waals surface area contributed by atoms with E-state index in [4.69, 9.17) is 0 Å². The second-order valence-corrected chi connectivity index (χ2v) is 2.88. The maximum atomic E-state index is 10.8. The summed E-state index contributed by atoms with van der Waals surface area (Å²) in [5.74, 6) is 0.661. The van der Waals surface area contributed by atoms with Gasteiger partial charge in [0.25, 0.3) is 0 Å². The van der Waals surface area contributed by atoms with Gasteiger partial charge in [0, 0.05) is 18.8 Å². The van der Waals surface area contributed by atoms with Crippen molar-refractivity contribution in [2.24, 2.45) is 10.9 Å². The van der Waals surface area contributed by atoms with Crippen LogP contribution in [0.2, 0.25) is 0 Å². The SMILES string of the molecule is O=C1CCC2CC(=O)NC2=N1. The van der Waals surface area contributed by atoms with E-state index < -0.39 is 0 Å². The molecule has 2 heterocycles. The molecule has 1 unspecified atom stereocenters. The molecule has 0 saturated carbocycles. The summed E-state index contributed by atoms with van der Waals surface area (Å²) in [6, 6.07) is 0. The predicted molar refractivity (Wildman–Crippen MR) is 37.9 cm³/mol. The van der Waals surface area contributed by atoms with Gasteiger partial charge in [0.2, 0.25) is 11.8 Å². The zero-order chi connectivity index (χ0) is 7.84. The highest BCUT2D eigenvalue weighted by molar-refractivity contribution is 6.10. The van der Waals surface area contributed by atoms with Gasteiger partial charge in [-0.3, -0.25) is 9.59 Å². The number of amidine groups is 1. The summed E-state index contributed by atoms with van der Waals surface area (Å²) in [5, 5.41) is 2.58. The first-order valence-corrected chi connectivity index (χ1v) is 3.67. The van der Waals surface area contributed by atoms with Crippen LogP contribution in [0.15, 0.2) is 4.99 Å². The van der Waals surface area contributed by atoms with Gasteiger partial charge in [-0.05, 0) is 6.42 Å². The van der Waals surface area contributed by atoms with Crippen LogP contribution in [0.3, 0.4) is 0 Å². The molecule has 2 amide bonds. The predicted octanol–water partition coefficient (Wildman–Crippen LogP) is -0.159. The molecule has 0 aromatic rings. The third-order valence-electron chi connectivity index (χ3n) is 2.04. The summed E-state index contributed by atoms with van der Waals surface area (Å²) >= 11 is 0. The van der Waals surface area contributed by atoms with Crippen molar-refractivity contribution in [3.05, 3.63) is 0 Å². The molecule has 2 aliphatic heterocycles. The Labute approximate surface area is 63.7 Å². The van der Waals surface area contributed by atoms with Crippen LogP contribution in [0.4, 0.5) is 0 Å². The molecule has 11 heavy (non-hydrogen) atoms.